The summed E-state index contributed by atoms with van der Waals surface area (Å²) in [5, 5.41) is 0.900. The number of allylic oxidation sites excluding steroid dienone is 2. The van der Waals surface area contributed by atoms with Gasteiger partial charge in [-0.15, -0.1) is 0 Å². The third kappa shape index (κ3) is 2.24. The fourth-order valence-corrected chi connectivity index (χ4v) is 2.53. The fourth-order valence-electron chi connectivity index (χ4n) is 2.53. The maximum Gasteiger partial charge on any atom is 0.207 e. The van der Waals surface area contributed by atoms with Gasteiger partial charge in [0.15, 0.2) is 0 Å². The van der Waals surface area contributed by atoms with E-state index in [0.717, 1.165) is 35.7 Å². The summed E-state index contributed by atoms with van der Waals surface area (Å²) >= 11 is 0. The second-order valence-corrected chi connectivity index (χ2v) is 4.92. The molecule has 2 aromatic rings. The van der Waals surface area contributed by atoms with Gasteiger partial charge in [-0.05, 0) is 43.4 Å². The molecule has 3 heteroatoms. The van der Waals surface area contributed by atoms with Gasteiger partial charge in [0.2, 0.25) is 5.78 Å². The second-order valence-electron chi connectivity index (χ2n) is 4.92. The first kappa shape index (κ1) is 11.9. The molecule has 0 saturated carbocycles. The predicted molar refractivity (Wildman–Crippen MR) is 77.0 cm³/mol. The molecule has 0 saturated heterocycles. The van der Waals surface area contributed by atoms with Crippen LogP contribution >= 0.6 is 0 Å². The Kier molecular flexibility index (Phi) is 3.03. The van der Waals surface area contributed by atoms with Gasteiger partial charge in [0.25, 0.3) is 0 Å². The number of nitrogen functional groups attached to an aromatic ring is 1. The van der Waals surface area contributed by atoms with Crippen molar-refractivity contribution in [3.63, 3.8) is 0 Å². The minimum atomic E-state index is 0.0251. The first-order valence-electron chi connectivity index (χ1n) is 6.65. The Labute approximate surface area is 112 Å². The minimum absolute atomic E-state index is 0.0251. The summed E-state index contributed by atoms with van der Waals surface area (Å²) in [6.45, 7) is 0. The third-order valence-electron chi connectivity index (χ3n) is 3.56. The molecular formula is C16H16N2O. The lowest BCUT2D eigenvalue weighted by atomic mass is 9.94. The van der Waals surface area contributed by atoms with Crippen LogP contribution in [0.25, 0.3) is 10.9 Å². The predicted octanol–water partition coefficient (Wildman–Crippen LogP) is 3.50. The molecule has 0 aliphatic heterocycles. The highest BCUT2D eigenvalue weighted by molar-refractivity contribution is 6.09. The highest BCUT2D eigenvalue weighted by Crippen LogP contribution is 2.24. The zero-order valence-corrected chi connectivity index (χ0v) is 10.7. The number of hydrogen-bond acceptors (Lipinski definition) is 3. The van der Waals surface area contributed by atoms with Gasteiger partial charge in [0, 0.05) is 11.1 Å². The quantitative estimate of drug-likeness (QED) is 0.832. The molecule has 1 aliphatic rings. The standard InChI is InChI=1S/C16H16N2O/c17-13-10-15(16(19)11-6-2-1-3-7-11)18-14-9-5-4-8-12(13)14/h4-6,8-10H,1-3,7H2,(H2,17,18). The summed E-state index contributed by atoms with van der Waals surface area (Å²) in [6.07, 6.45) is 6.14. The lowest BCUT2D eigenvalue weighted by molar-refractivity contribution is 0.102. The Morgan fingerprint density at radius 1 is 1.21 bits per heavy atom. The smallest absolute Gasteiger partial charge is 0.207 e. The number of carbonyl (C=O) groups excluding carboxylic acids is 1. The number of benzene rings is 1. The van der Waals surface area contributed by atoms with Crippen LogP contribution in [0.3, 0.4) is 0 Å². The van der Waals surface area contributed by atoms with Gasteiger partial charge in [-0.3, -0.25) is 4.79 Å². The average Bonchev–Trinajstić information content (AvgIpc) is 2.47. The molecule has 1 aromatic heterocycles. The first-order valence-corrected chi connectivity index (χ1v) is 6.65. The van der Waals surface area contributed by atoms with Crippen LogP contribution in [0, 0.1) is 0 Å². The SMILES string of the molecule is Nc1cc(C(=O)C2=CCCCC2)nc2ccccc12. The number of Topliss-reactive ketones (excluding diaryl/α,β-unsaturated/α-hetero) is 1. The number of aromatic nitrogens is 1. The monoisotopic (exact) mass is 252 g/mol. The lowest BCUT2D eigenvalue weighted by Crippen LogP contribution is -2.09. The second kappa shape index (κ2) is 4.84. The van der Waals surface area contributed by atoms with Crippen molar-refractivity contribution in [1.29, 1.82) is 0 Å². The van der Waals surface area contributed by atoms with E-state index in [9.17, 15) is 4.79 Å². The van der Waals surface area contributed by atoms with E-state index < -0.39 is 0 Å². The zero-order valence-electron chi connectivity index (χ0n) is 10.7. The van der Waals surface area contributed by atoms with Crippen molar-refractivity contribution < 1.29 is 4.79 Å². The highest BCUT2D eigenvalue weighted by atomic mass is 16.1. The van der Waals surface area contributed by atoms with Gasteiger partial charge in [0.05, 0.1) is 5.52 Å². The molecule has 2 N–H and O–H groups in total. The molecule has 0 unspecified atom stereocenters. The molecule has 0 radical (unpaired) electrons. The number of carbonyl (C=O) groups is 1. The molecule has 96 valence electrons. The number of pyridine rings is 1. The molecule has 3 nitrogen and oxygen atoms in total. The van der Waals surface area contributed by atoms with Gasteiger partial charge in [0.1, 0.15) is 5.69 Å². The van der Waals surface area contributed by atoms with E-state index >= 15 is 0 Å². The molecule has 0 spiro atoms. The van der Waals surface area contributed by atoms with Crippen LogP contribution in [-0.2, 0) is 0 Å². The number of para-hydroxylation sites is 1. The molecule has 0 atom stereocenters. The van der Waals surface area contributed by atoms with Crippen LogP contribution in [0.2, 0.25) is 0 Å². The summed E-state index contributed by atoms with van der Waals surface area (Å²) in [6, 6.07) is 9.33. The van der Waals surface area contributed by atoms with Gasteiger partial charge < -0.3 is 5.73 Å². The number of nitrogens with two attached hydrogens (primary N) is 1. The van der Waals surface area contributed by atoms with Crippen LogP contribution in [-0.4, -0.2) is 10.8 Å². The van der Waals surface area contributed by atoms with Crippen LogP contribution in [0.5, 0.6) is 0 Å². The summed E-state index contributed by atoms with van der Waals surface area (Å²) in [4.78, 5) is 16.9. The van der Waals surface area contributed by atoms with Crippen molar-refractivity contribution in [1.82, 2.24) is 4.98 Å². The van der Waals surface area contributed by atoms with Gasteiger partial charge in [-0.2, -0.15) is 0 Å². The first-order chi connectivity index (χ1) is 9.25. The fraction of sp³-hybridized carbons (Fsp3) is 0.250. The summed E-state index contributed by atoms with van der Waals surface area (Å²) in [7, 11) is 0. The molecule has 1 heterocycles. The van der Waals surface area contributed by atoms with Crippen molar-refractivity contribution in [2.24, 2.45) is 0 Å². The maximum absolute atomic E-state index is 12.4. The van der Waals surface area contributed by atoms with Crippen molar-refractivity contribution in [2.75, 3.05) is 5.73 Å². The van der Waals surface area contributed by atoms with E-state index in [-0.39, 0.29) is 5.78 Å². The van der Waals surface area contributed by atoms with Crippen molar-refractivity contribution >= 4 is 22.4 Å². The van der Waals surface area contributed by atoms with E-state index in [1.54, 1.807) is 6.07 Å². The van der Waals surface area contributed by atoms with Gasteiger partial charge in [-0.25, -0.2) is 4.98 Å². The average molecular weight is 252 g/mol. The van der Waals surface area contributed by atoms with E-state index in [1.165, 1.54) is 6.42 Å². The Morgan fingerprint density at radius 2 is 2.05 bits per heavy atom. The van der Waals surface area contributed by atoms with Crippen LogP contribution in [0.4, 0.5) is 5.69 Å². The van der Waals surface area contributed by atoms with Gasteiger partial charge >= 0.3 is 0 Å². The van der Waals surface area contributed by atoms with Gasteiger partial charge in [-0.1, -0.05) is 24.3 Å². The van der Waals surface area contributed by atoms with E-state index in [2.05, 4.69) is 4.98 Å². The Bertz CT molecular complexity index is 674. The molecule has 1 aliphatic carbocycles. The molecule has 3 rings (SSSR count). The Hall–Kier alpha value is -2.16. The Morgan fingerprint density at radius 3 is 2.84 bits per heavy atom. The maximum atomic E-state index is 12.4. The number of fused-ring (bicyclic) bond motifs is 1. The van der Waals surface area contributed by atoms with E-state index in [4.69, 9.17) is 5.73 Å². The molecule has 19 heavy (non-hydrogen) atoms. The Balaban J connectivity index is 2.05. The zero-order chi connectivity index (χ0) is 13.2. The minimum Gasteiger partial charge on any atom is -0.398 e. The molecule has 1 aromatic carbocycles. The summed E-state index contributed by atoms with van der Waals surface area (Å²) in [5.41, 5.74) is 8.75. The van der Waals surface area contributed by atoms with Crippen molar-refractivity contribution in [3.05, 3.63) is 47.7 Å². The number of rotatable bonds is 2. The molecule has 0 fully saturated rings. The normalized spacial score (nSPS) is 15.3. The van der Waals surface area contributed by atoms with E-state index in [0.29, 0.717) is 11.4 Å². The largest absolute Gasteiger partial charge is 0.398 e. The third-order valence-corrected chi connectivity index (χ3v) is 3.56. The highest BCUT2D eigenvalue weighted by Gasteiger charge is 2.17. The molecule has 0 bridgehead atoms. The van der Waals surface area contributed by atoms with Crippen LogP contribution in [0.1, 0.15) is 36.2 Å². The lowest BCUT2D eigenvalue weighted by Gasteiger charge is -2.12. The number of nitrogens with zero attached hydrogens (tertiary/aromatic N) is 1. The molecule has 0 amide bonds. The molecular weight excluding hydrogens is 236 g/mol. The van der Waals surface area contributed by atoms with Crippen LogP contribution in [0.15, 0.2) is 42.0 Å². The van der Waals surface area contributed by atoms with Crippen LogP contribution < -0.4 is 5.73 Å². The van der Waals surface area contributed by atoms with E-state index in [1.807, 2.05) is 30.3 Å². The number of ketones is 1. The number of anilines is 1. The summed E-state index contributed by atoms with van der Waals surface area (Å²) < 4.78 is 0. The number of hydrogen-bond donors (Lipinski definition) is 1. The van der Waals surface area contributed by atoms with Crippen molar-refractivity contribution in [2.45, 2.75) is 25.7 Å². The summed E-state index contributed by atoms with van der Waals surface area (Å²) in [5.74, 6) is 0.0251. The van der Waals surface area contributed by atoms with Crippen molar-refractivity contribution in [3.8, 4) is 0 Å². The topological polar surface area (TPSA) is 56.0 Å².